The first-order valence-corrected chi connectivity index (χ1v) is 14.8. The summed E-state index contributed by atoms with van der Waals surface area (Å²) in [6.45, 7) is 2.75. The summed E-state index contributed by atoms with van der Waals surface area (Å²) < 4.78 is 28.8. The molecule has 2 heterocycles. The van der Waals surface area contributed by atoms with Crippen LogP contribution in [0.4, 0.5) is 0 Å². The number of amides is 3. The maximum absolute atomic E-state index is 13.5. The molecule has 0 aromatic heterocycles. The van der Waals surface area contributed by atoms with E-state index in [-0.39, 0.29) is 43.3 Å². The first-order valence-electron chi connectivity index (χ1n) is 14.8. The lowest BCUT2D eigenvalue weighted by molar-refractivity contribution is -0.136. The molecule has 0 spiro atoms. The van der Waals surface area contributed by atoms with Crippen LogP contribution in [-0.2, 0) is 27.4 Å². The molecule has 4 bridgehead atoms. The maximum Gasteiger partial charge on any atom is 0.254 e. The molecule has 2 atom stereocenters. The number of aryl methyl sites for hydroxylation is 1. The predicted molar refractivity (Wildman–Crippen MR) is 166 cm³/mol. The van der Waals surface area contributed by atoms with E-state index in [1.54, 1.807) is 36.2 Å². The van der Waals surface area contributed by atoms with Crippen molar-refractivity contribution in [3.8, 4) is 28.7 Å². The number of rotatable bonds is 5. The Morgan fingerprint density at radius 3 is 2.47 bits per heavy atom. The van der Waals surface area contributed by atoms with Crippen LogP contribution in [0.25, 0.3) is 0 Å². The molecule has 3 aromatic rings. The Bertz CT molecular complexity index is 1550. The number of carbonyl (C=O) groups excluding carboxylic acids is 3. The SMILES string of the molecule is COc1cc(CC(=O)N2CC[C@H]3OCc4cccc(c4)Oc4cc(ccc4C)C(=O)N(C)CC(=O)N[C@H]3C2)cc(OC)c1OC. The van der Waals surface area contributed by atoms with Gasteiger partial charge in [-0.3, -0.25) is 14.4 Å². The quantitative estimate of drug-likeness (QED) is 0.461. The van der Waals surface area contributed by atoms with Crippen LogP contribution in [-0.4, -0.2) is 87.7 Å². The molecule has 0 aliphatic carbocycles. The Morgan fingerprint density at radius 1 is 1.00 bits per heavy atom. The summed E-state index contributed by atoms with van der Waals surface area (Å²) in [4.78, 5) is 43.1. The third-order valence-electron chi connectivity index (χ3n) is 8.08. The molecule has 238 valence electrons. The van der Waals surface area contributed by atoms with E-state index < -0.39 is 6.04 Å². The van der Waals surface area contributed by atoms with Crippen LogP contribution in [0.15, 0.2) is 54.6 Å². The van der Waals surface area contributed by atoms with Gasteiger partial charge in [-0.25, -0.2) is 0 Å². The van der Waals surface area contributed by atoms with Crippen LogP contribution in [0.3, 0.4) is 0 Å². The van der Waals surface area contributed by atoms with E-state index in [1.165, 1.54) is 26.2 Å². The van der Waals surface area contributed by atoms with Gasteiger partial charge in [0.1, 0.15) is 11.5 Å². The summed E-state index contributed by atoms with van der Waals surface area (Å²) in [5.74, 6) is 1.80. The molecule has 0 saturated carbocycles. The van der Waals surface area contributed by atoms with Crippen molar-refractivity contribution < 1.29 is 38.1 Å². The molecule has 1 saturated heterocycles. The van der Waals surface area contributed by atoms with E-state index in [1.807, 2.05) is 37.3 Å². The van der Waals surface area contributed by atoms with Crippen molar-refractivity contribution in [3.05, 3.63) is 76.9 Å². The molecule has 5 rings (SSSR count). The maximum atomic E-state index is 13.5. The number of likely N-dealkylation sites (N-methyl/N-ethyl adjacent to an activating group) is 1. The molecule has 1 N–H and O–H groups in total. The van der Waals surface area contributed by atoms with E-state index in [9.17, 15) is 14.4 Å². The van der Waals surface area contributed by atoms with Gasteiger partial charge in [0.15, 0.2) is 11.5 Å². The number of likely N-dealkylation sites (tertiary alicyclic amines) is 1. The van der Waals surface area contributed by atoms with E-state index in [2.05, 4.69) is 5.32 Å². The minimum Gasteiger partial charge on any atom is -0.493 e. The van der Waals surface area contributed by atoms with Gasteiger partial charge in [-0.2, -0.15) is 0 Å². The van der Waals surface area contributed by atoms with Crippen LogP contribution < -0.4 is 24.3 Å². The molecule has 2 aliphatic rings. The van der Waals surface area contributed by atoms with E-state index in [4.69, 9.17) is 23.7 Å². The second kappa shape index (κ2) is 13.9. The summed E-state index contributed by atoms with van der Waals surface area (Å²) in [5, 5.41) is 3.04. The van der Waals surface area contributed by atoms with Crippen molar-refractivity contribution in [1.29, 1.82) is 0 Å². The largest absolute Gasteiger partial charge is 0.493 e. The summed E-state index contributed by atoms with van der Waals surface area (Å²) in [7, 11) is 6.16. The Morgan fingerprint density at radius 2 is 1.76 bits per heavy atom. The van der Waals surface area contributed by atoms with Crippen molar-refractivity contribution in [2.45, 2.75) is 38.5 Å². The zero-order chi connectivity index (χ0) is 32.1. The van der Waals surface area contributed by atoms with Gasteiger partial charge in [0.25, 0.3) is 5.91 Å². The minimum absolute atomic E-state index is 0.103. The Hall–Kier alpha value is -4.77. The standard InChI is InChI=1S/C34H39N3O8/c1-21-9-10-24-17-28(21)45-25-8-6-7-22(13-25)20-44-27-11-12-37(18-26(27)35-31(38)19-36(2)34(24)40)32(39)16-23-14-29(41-3)33(43-5)30(15-23)42-4/h6-10,13-15,17,26-27H,11-12,16,18-20H2,1-5H3,(H,35,38)/t26-,27+/m0/s1. The van der Waals surface area contributed by atoms with Crippen molar-refractivity contribution in [3.63, 3.8) is 0 Å². The van der Waals surface area contributed by atoms with Crippen molar-refractivity contribution in [1.82, 2.24) is 15.1 Å². The summed E-state index contributed by atoms with van der Waals surface area (Å²) in [6, 6.07) is 15.8. The number of hydrogen-bond donors (Lipinski definition) is 1. The Kier molecular flexibility index (Phi) is 9.77. The van der Waals surface area contributed by atoms with Crippen molar-refractivity contribution in [2.24, 2.45) is 0 Å². The van der Waals surface area contributed by atoms with Gasteiger partial charge in [-0.1, -0.05) is 18.2 Å². The van der Waals surface area contributed by atoms with Gasteiger partial charge in [-0.15, -0.1) is 0 Å². The molecule has 3 amide bonds. The van der Waals surface area contributed by atoms with E-state index in [0.29, 0.717) is 59.4 Å². The van der Waals surface area contributed by atoms with Gasteiger partial charge in [0.2, 0.25) is 17.6 Å². The highest BCUT2D eigenvalue weighted by Crippen LogP contribution is 2.38. The summed E-state index contributed by atoms with van der Waals surface area (Å²) in [6.07, 6.45) is 0.263. The van der Waals surface area contributed by atoms with Gasteiger partial charge < -0.3 is 38.8 Å². The van der Waals surface area contributed by atoms with Gasteiger partial charge >= 0.3 is 0 Å². The van der Waals surface area contributed by atoms with E-state index >= 15 is 0 Å². The predicted octanol–water partition coefficient (Wildman–Crippen LogP) is 3.74. The highest BCUT2D eigenvalue weighted by molar-refractivity contribution is 5.96. The third kappa shape index (κ3) is 7.31. The van der Waals surface area contributed by atoms with Crippen LogP contribution in [0.1, 0.15) is 33.5 Å². The monoisotopic (exact) mass is 617 g/mol. The Labute approximate surface area is 262 Å². The number of carbonyl (C=O) groups is 3. The molecule has 1 fully saturated rings. The van der Waals surface area contributed by atoms with Crippen molar-refractivity contribution >= 4 is 17.7 Å². The third-order valence-corrected chi connectivity index (χ3v) is 8.08. The smallest absolute Gasteiger partial charge is 0.254 e. The summed E-state index contributed by atoms with van der Waals surface area (Å²) in [5.41, 5.74) is 2.90. The molecule has 2 aliphatic heterocycles. The fourth-order valence-electron chi connectivity index (χ4n) is 5.65. The fourth-order valence-corrected chi connectivity index (χ4v) is 5.65. The number of hydrogen-bond acceptors (Lipinski definition) is 8. The molecule has 11 nitrogen and oxygen atoms in total. The molecular formula is C34H39N3O8. The lowest BCUT2D eigenvalue weighted by atomic mass is 10.00. The zero-order valence-corrected chi connectivity index (χ0v) is 26.3. The lowest BCUT2D eigenvalue weighted by Crippen LogP contribution is -2.58. The molecule has 45 heavy (non-hydrogen) atoms. The van der Waals surface area contributed by atoms with Crippen LogP contribution in [0.2, 0.25) is 0 Å². The number of piperidine rings is 1. The van der Waals surface area contributed by atoms with Crippen LogP contribution >= 0.6 is 0 Å². The molecule has 0 radical (unpaired) electrons. The molecule has 3 aromatic carbocycles. The normalized spacial score (nSPS) is 18.8. The number of nitrogens with one attached hydrogen (secondary N) is 1. The second-order valence-corrected chi connectivity index (χ2v) is 11.3. The fraction of sp³-hybridized carbons (Fsp3) is 0.382. The molecule has 0 unspecified atom stereocenters. The zero-order valence-electron chi connectivity index (χ0n) is 26.3. The second-order valence-electron chi connectivity index (χ2n) is 11.3. The van der Waals surface area contributed by atoms with Crippen LogP contribution in [0, 0.1) is 6.92 Å². The highest BCUT2D eigenvalue weighted by Gasteiger charge is 2.34. The Balaban J connectivity index is 1.36. The number of benzene rings is 3. The van der Waals surface area contributed by atoms with Gasteiger partial charge in [0.05, 0.1) is 53.0 Å². The summed E-state index contributed by atoms with van der Waals surface area (Å²) >= 11 is 0. The average Bonchev–Trinajstić information content (AvgIpc) is 3.03. The number of nitrogens with zero attached hydrogens (tertiary/aromatic N) is 2. The van der Waals surface area contributed by atoms with Crippen molar-refractivity contribution in [2.75, 3.05) is 48.0 Å². The molecular weight excluding hydrogens is 578 g/mol. The topological polar surface area (TPSA) is 116 Å². The first-order chi connectivity index (χ1) is 21.7. The number of ether oxygens (including phenoxy) is 5. The van der Waals surface area contributed by atoms with Gasteiger partial charge in [0, 0.05) is 25.7 Å². The van der Waals surface area contributed by atoms with Gasteiger partial charge in [-0.05, 0) is 66.4 Å². The lowest BCUT2D eigenvalue weighted by Gasteiger charge is -2.39. The number of methoxy groups -OCH3 is 3. The highest BCUT2D eigenvalue weighted by atomic mass is 16.5. The van der Waals surface area contributed by atoms with E-state index in [0.717, 1.165) is 11.1 Å². The first kappa shape index (κ1) is 31.6. The average molecular weight is 618 g/mol. The van der Waals surface area contributed by atoms with Crippen LogP contribution in [0.5, 0.6) is 28.7 Å². The minimum atomic E-state index is -0.489. The number of fused-ring (bicyclic) bond motifs is 5. The molecule has 11 heteroatoms.